The molecule has 0 aromatic carbocycles. The number of nitrogens with two attached hydrogens (primary N) is 4. The molecule has 52 heavy (non-hydrogen) atoms. The number of rotatable bonds is 34. The molecule has 17 heteroatoms. The fourth-order valence-electron chi connectivity index (χ4n) is 5.25. The predicted octanol–water partition coefficient (Wildman–Crippen LogP) is 0.831. The second-order valence-electron chi connectivity index (χ2n) is 13.2. The van der Waals surface area contributed by atoms with E-state index < -0.39 is 35.7 Å². The first-order chi connectivity index (χ1) is 25.0. The summed E-state index contributed by atoms with van der Waals surface area (Å²) in [6.07, 6.45) is 17.8. The highest BCUT2D eigenvalue weighted by Gasteiger charge is 2.24. The number of amides is 5. The van der Waals surface area contributed by atoms with E-state index in [0.717, 1.165) is 32.1 Å². The average molecular weight is 743 g/mol. The molecule has 5 amide bonds. The maximum Gasteiger partial charge on any atom is 0.246 e. The first-order valence-electron chi connectivity index (χ1n) is 19.1. The van der Waals surface area contributed by atoms with E-state index in [1.165, 1.54) is 57.8 Å². The maximum atomic E-state index is 12.6. The molecule has 0 aromatic heterocycles. The van der Waals surface area contributed by atoms with Gasteiger partial charge in [-0.2, -0.15) is 5.10 Å². The number of hydrazone groups is 1. The largest absolute Gasteiger partial charge is 0.377 e. The number of carbonyl (C=O) groups excluding carboxylic acids is 5. The van der Waals surface area contributed by atoms with Crippen LogP contribution in [0, 0.1) is 0 Å². The number of hydrogen-bond donors (Lipinski definition) is 9. The molecule has 0 aromatic rings. The van der Waals surface area contributed by atoms with Crippen LogP contribution >= 0.6 is 0 Å². The van der Waals surface area contributed by atoms with E-state index in [0.29, 0.717) is 31.8 Å². The van der Waals surface area contributed by atoms with Gasteiger partial charge in [0.25, 0.3) is 0 Å². The number of carbonyl (C=O) groups is 5. The molecule has 1 unspecified atom stereocenters. The van der Waals surface area contributed by atoms with Gasteiger partial charge in [0.1, 0.15) is 24.5 Å². The minimum Gasteiger partial charge on any atom is -0.377 e. The molecular formula is C35H70N10O7. The zero-order valence-electron chi connectivity index (χ0n) is 31.8. The molecule has 0 fully saturated rings. The monoisotopic (exact) mass is 743 g/mol. The number of nitrogens with one attached hydrogen (secondary N) is 5. The molecule has 0 heterocycles. The number of hydrogen-bond acceptors (Lipinski definition) is 11. The van der Waals surface area contributed by atoms with E-state index in [4.69, 9.17) is 32.6 Å². The predicted molar refractivity (Wildman–Crippen MR) is 202 cm³/mol. The Morgan fingerprint density at radius 3 is 1.75 bits per heavy atom. The Morgan fingerprint density at radius 1 is 0.673 bits per heavy atom. The van der Waals surface area contributed by atoms with Crippen molar-refractivity contribution in [2.75, 3.05) is 39.5 Å². The van der Waals surface area contributed by atoms with Crippen molar-refractivity contribution in [3.8, 4) is 0 Å². The molecule has 0 rings (SSSR count). The summed E-state index contributed by atoms with van der Waals surface area (Å²) in [6, 6.07) is -1.96. The summed E-state index contributed by atoms with van der Waals surface area (Å²) in [4.78, 5) is 60.5. The van der Waals surface area contributed by atoms with E-state index in [1.54, 1.807) is 13.8 Å². The van der Waals surface area contributed by atoms with Crippen LogP contribution in [0.1, 0.15) is 129 Å². The lowest BCUT2D eigenvalue weighted by atomic mass is 10.0. The quantitative estimate of drug-likeness (QED) is 0.0146. The Balaban J connectivity index is 3.69. The topological polar surface area (TPSA) is 280 Å². The van der Waals surface area contributed by atoms with Gasteiger partial charge in [-0.25, -0.2) is 5.84 Å². The third kappa shape index (κ3) is 29.1. The van der Waals surface area contributed by atoms with Gasteiger partial charge in [-0.05, 0) is 39.0 Å². The Bertz CT molecular complexity index is 1020. The number of ether oxygens (including phenoxy) is 2. The SMILES string of the molecule is CC[C@H](NC(=O)CNC(=O)COCCOCCNC(=O)CCCCCCCCCCCCCCC/C(=N/N)NN)C(=O)N[C@@H](CCC(C)N)C(N)=O. The van der Waals surface area contributed by atoms with Gasteiger partial charge in [0.15, 0.2) is 0 Å². The normalized spacial score (nSPS) is 13.1. The molecule has 17 nitrogen and oxygen atoms in total. The number of nitrogens with zero attached hydrogens (tertiary/aromatic N) is 1. The van der Waals surface area contributed by atoms with Gasteiger partial charge in [-0.15, -0.1) is 0 Å². The molecular weight excluding hydrogens is 672 g/mol. The lowest BCUT2D eigenvalue weighted by Crippen LogP contribution is -2.54. The Morgan fingerprint density at radius 2 is 1.23 bits per heavy atom. The van der Waals surface area contributed by atoms with Crippen molar-refractivity contribution in [2.45, 2.75) is 148 Å². The van der Waals surface area contributed by atoms with Gasteiger partial charge in [0, 0.05) is 25.4 Å². The first kappa shape index (κ1) is 48.5. The van der Waals surface area contributed by atoms with Gasteiger partial charge in [-0.1, -0.05) is 77.6 Å². The zero-order valence-corrected chi connectivity index (χ0v) is 31.8. The van der Waals surface area contributed by atoms with E-state index in [2.05, 4.69) is 31.8 Å². The molecule has 0 saturated carbocycles. The lowest BCUT2D eigenvalue weighted by Gasteiger charge is -2.21. The van der Waals surface area contributed by atoms with Crippen LogP contribution in [-0.4, -0.2) is 93.0 Å². The van der Waals surface area contributed by atoms with Crippen molar-refractivity contribution in [1.82, 2.24) is 26.7 Å². The fourth-order valence-corrected chi connectivity index (χ4v) is 5.25. The van der Waals surface area contributed by atoms with Crippen LogP contribution in [0.25, 0.3) is 0 Å². The van der Waals surface area contributed by atoms with Gasteiger partial charge in [-0.3, -0.25) is 24.0 Å². The third-order valence-corrected chi connectivity index (χ3v) is 8.39. The molecule has 302 valence electrons. The summed E-state index contributed by atoms with van der Waals surface area (Å²) in [6.45, 7) is 4.00. The Kier molecular flexibility index (Phi) is 31.0. The summed E-state index contributed by atoms with van der Waals surface area (Å²) in [5, 5.41) is 13.9. The van der Waals surface area contributed by atoms with Crippen molar-refractivity contribution >= 4 is 35.4 Å². The van der Waals surface area contributed by atoms with E-state index >= 15 is 0 Å². The van der Waals surface area contributed by atoms with Crippen LogP contribution in [0.4, 0.5) is 0 Å². The fraction of sp³-hybridized carbons (Fsp3) is 0.829. The number of unbranched alkanes of at least 4 members (excludes halogenated alkanes) is 12. The van der Waals surface area contributed by atoms with Crippen molar-refractivity contribution in [2.24, 2.45) is 28.3 Å². The van der Waals surface area contributed by atoms with Gasteiger partial charge in [0.2, 0.25) is 29.5 Å². The summed E-state index contributed by atoms with van der Waals surface area (Å²) >= 11 is 0. The lowest BCUT2D eigenvalue weighted by molar-refractivity contribution is -0.132. The highest BCUT2D eigenvalue weighted by Crippen LogP contribution is 2.13. The minimum atomic E-state index is -0.902. The summed E-state index contributed by atoms with van der Waals surface area (Å²) in [5.74, 6) is 8.90. The van der Waals surface area contributed by atoms with Crippen molar-refractivity contribution < 1.29 is 33.4 Å². The highest BCUT2D eigenvalue weighted by atomic mass is 16.5. The molecule has 3 atom stereocenters. The first-order valence-corrected chi connectivity index (χ1v) is 19.1. The molecule has 0 aliphatic rings. The molecule has 0 spiro atoms. The van der Waals surface area contributed by atoms with Gasteiger partial charge in [0.05, 0.1) is 26.4 Å². The minimum absolute atomic E-state index is 0.0162. The van der Waals surface area contributed by atoms with Crippen LogP contribution in [0.15, 0.2) is 5.10 Å². The van der Waals surface area contributed by atoms with Crippen LogP contribution in [0.3, 0.4) is 0 Å². The van der Waals surface area contributed by atoms with Gasteiger partial charge >= 0.3 is 0 Å². The van der Waals surface area contributed by atoms with Crippen LogP contribution < -0.4 is 49.8 Å². The van der Waals surface area contributed by atoms with Crippen molar-refractivity contribution in [1.29, 1.82) is 0 Å². The molecule has 13 N–H and O–H groups in total. The van der Waals surface area contributed by atoms with E-state index in [1.807, 2.05) is 0 Å². The van der Waals surface area contributed by atoms with Crippen LogP contribution in [0.5, 0.6) is 0 Å². The average Bonchev–Trinajstić information content (AvgIpc) is 3.12. The second kappa shape index (κ2) is 33.3. The van der Waals surface area contributed by atoms with E-state index in [-0.39, 0.29) is 51.2 Å². The third-order valence-electron chi connectivity index (χ3n) is 8.39. The molecule has 0 aliphatic carbocycles. The van der Waals surface area contributed by atoms with Gasteiger partial charge < -0.3 is 53.5 Å². The molecule has 0 aliphatic heterocycles. The number of primary amides is 1. The summed E-state index contributed by atoms with van der Waals surface area (Å²) in [7, 11) is 0. The Labute approximate surface area is 310 Å². The molecule has 0 radical (unpaired) electrons. The van der Waals surface area contributed by atoms with Crippen molar-refractivity contribution in [3.05, 3.63) is 0 Å². The summed E-state index contributed by atoms with van der Waals surface area (Å²) < 4.78 is 10.7. The Hall–Kier alpha value is -3.54. The summed E-state index contributed by atoms with van der Waals surface area (Å²) in [5.41, 5.74) is 13.6. The highest BCUT2D eigenvalue weighted by molar-refractivity contribution is 5.92. The van der Waals surface area contributed by atoms with Crippen molar-refractivity contribution in [3.63, 3.8) is 0 Å². The smallest absolute Gasteiger partial charge is 0.246 e. The number of amidine groups is 1. The molecule has 0 saturated heterocycles. The second-order valence-corrected chi connectivity index (χ2v) is 13.2. The van der Waals surface area contributed by atoms with E-state index in [9.17, 15) is 24.0 Å². The van der Waals surface area contributed by atoms with Crippen LogP contribution in [0.2, 0.25) is 0 Å². The maximum absolute atomic E-state index is 12.6. The standard InChI is InChI=1S/C35H70N10O7/c1-3-28(35(50)43-29(34(37)49)20-19-27(2)36)42-32(47)25-41-33(48)26-52-24-23-51-22-21-40-31(46)18-16-14-12-10-8-6-4-5-7-9-11-13-15-17-30(44-38)45-39/h27-29H,3-26,36,38-39H2,1-2H3,(H2,37,49)(H,40,46)(H,41,48)(H,42,47)(H,43,50)(H,44,45)/t27?,28-,29-/m0/s1. The zero-order chi connectivity index (χ0) is 38.8. The molecule has 0 bridgehead atoms. The van der Waals surface area contributed by atoms with Crippen LogP contribution in [-0.2, 0) is 33.4 Å². The number of hydrazine groups is 1.